The second-order valence-electron chi connectivity index (χ2n) is 8.94. The summed E-state index contributed by atoms with van der Waals surface area (Å²) in [4.78, 5) is 4.50. The van der Waals surface area contributed by atoms with E-state index in [2.05, 4.69) is 117 Å². The fourth-order valence-electron chi connectivity index (χ4n) is 4.89. The molecule has 0 saturated heterocycles. The summed E-state index contributed by atoms with van der Waals surface area (Å²) in [5, 5.41) is 3.71. The summed E-state index contributed by atoms with van der Waals surface area (Å²) in [6, 6.07) is 13.6. The van der Waals surface area contributed by atoms with E-state index in [1.54, 1.807) is 0 Å². The molecule has 0 aromatic heterocycles. The van der Waals surface area contributed by atoms with Crippen molar-refractivity contribution in [1.29, 1.82) is 0 Å². The van der Waals surface area contributed by atoms with Crippen LogP contribution < -0.4 is 5.32 Å². The fraction of sp³-hybridized carbons (Fsp3) is 0.242. The van der Waals surface area contributed by atoms with Crippen LogP contribution in [-0.4, -0.2) is 13.3 Å². The van der Waals surface area contributed by atoms with Crippen LogP contribution in [0.2, 0.25) is 0 Å². The first kappa shape index (κ1) is 26.1. The van der Waals surface area contributed by atoms with Gasteiger partial charge in [-0.25, -0.2) is 0 Å². The molecule has 1 unspecified atom stereocenters. The van der Waals surface area contributed by atoms with Gasteiger partial charge in [0.1, 0.15) is 0 Å². The number of aliphatic imine (C=N–C) groups is 1. The molecule has 35 heavy (non-hydrogen) atoms. The van der Waals surface area contributed by atoms with E-state index in [1.807, 2.05) is 32.5 Å². The van der Waals surface area contributed by atoms with Crippen molar-refractivity contribution in [3.05, 3.63) is 136 Å². The van der Waals surface area contributed by atoms with Crippen LogP contribution in [-0.2, 0) is 12.0 Å². The van der Waals surface area contributed by atoms with E-state index in [1.165, 1.54) is 39.0 Å². The van der Waals surface area contributed by atoms with E-state index in [0.29, 0.717) is 0 Å². The van der Waals surface area contributed by atoms with Gasteiger partial charge in [-0.3, -0.25) is 4.99 Å². The van der Waals surface area contributed by atoms with Crippen molar-refractivity contribution in [2.24, 2.45) is 4.99 Å². The molecule has 4 bridgehead atoms. The molecule has 0 fully saturated rings. The predicted octanol–water partition coefficient (Wildman–Crippen LogP) is 7.95. The quantitative estimate of drug-likeness (QED) is 0.458. The van der Waals surface area contributed by atoms with Crippen molar-refractivity contribution in [1.82, 2.24) is 5.32 Å². The SMILES string of the molecule is C=CC=C1C(=C/C)/C=C\C=C\Cc2cc(ccc2C)C(NC)(/C(C)=C/N=CC)c2ccc(C)c1c2. The Hall–Kier alpha value is -3.49. The van der Waals surface area contributed by atoms with Gasteiger partial charge in [-0.2, -0.15) is 0 Å². The summed E-state index contributed by atoms with van der Waals surface area (Å²) < 4.78 is 0. The summed E-state index contributed by atoms with van der Waals surface area (Å²) in [5.74, 6) is 0. The van der Waals surface area contributed by atoms with Gasteiger partial charge in [-0.1, -0.05) is 79.4 Å². The Morgan fingerprint density at radius 2 is 1.74 bits per heavy atom. The largest absolute Gasteiger partial charge is 0.303 e. The smallest absolute Gasteiger partial charge is 0.0920 e. The van der Waals surface area contributed by atoms with Crippen LogP contribution in [0.3, 0.4) is 0 Å². The number of likely N-dealkylation sites (N-methyl/N-ethyl adjacent to an activating group) is 1. The molecule has 0 saturated carbocycles. The third kappa shape index (κ3) is 5.28. The summed E-state index contributed by atoms with van der Waals surface area (Å²) >= 11 is 0. The highest BCUT2D eigenvalue weighted by Crippen LogP contribution is 2.40. The van der Waals surface area contributed by atoms with Crippen LogP contribution in [0.1, 0.15) is 54.2 Å². The van der Waals surface area contributed by atoms with Crippen LogP contribution in [0.25, 0.3) is 5.57 Å². The van der Waals surface area contributed by atoms with Crippen LogP contribution >= 0.6 is 0 Å². The lowest BCUT2D eigenvalue weighted by molar-refractivity contribution is 0.511. The standard InChI is InChI=1S/C33H38N2/c1-8-14-31-27(9-2)15-12-11-13-16-28-21-29(19-17-24(28)4)33(34-7,26(6)23-35-10-3)30-20-18-25(5)32(31)22-30/h8-15,17-23,34H,1,16H2,2-7H3/b13-11+,15-12-,26-23+,27-9+,31-14?,35-10?. The van der Waals surface area contributed by atoms with Crippen molar-refractivity contribution in [2.45, 2.75) is 46.6 Å². The summed E-state index contributed by atoms with van der Waals surface area (Å²) in [6.45, 7) is 14.6. The van der Waals surface area contributed by atoms with Gasteiger partial charge in [-0.05, 0) is 104 Å². The molecule has 1 aliphatic rings. The van der Waals surface area contributed by atoms with Crippen LogP contribution in [0.5, 0.6) is 0 Å². The van der Waals surface area contributed by atoms with Gasteiger partial charge in [0, 0.05) is 12.4 Å². The second kappa shape index (κ2) is 11.8. The Balaban J connectivity index is 2.48. The first-order chi connectivity index (χ1) is 16.9. The van der Waals surface area contributed by atoms with Gasteiger partial charge in [0.2, 0.25) is 0 Å². The number of aryl methyl sites for hydroxylation is 2. The highest BCUT2D eigenvalue weighted by atomic mass is 15.0. The third-order valence-corrected chi connectivity index (χ3v) is 6.89. The molecule has 180 valence electrons. The minimum Gasteiger partial charge on any atom is -0.303 e. The molecule has 0 spiro atoms. The Morgan fingerprint density at radius 3 is 2.40 bits per heavy atom. The van der Waals surface area contributed by atoms with Crippen molar-refractivity contribution in [2.75, 3.05) is 7.05 Å². The highest BCUT2D eigenvalue weighted by molar-refractivity contribution is 5.84. The maximum atomic E-state index is 4.50. The average molecular weight is 463 g/mol. The number of hydrogen-bond acceptors (Lipinski definition) is 2. The van der Waals surface area contributed by atoms with E-state index in [9.17, 15) is 0 Å². The first-order valence-electron chi connectivity index (χ1n) is 12.3. The first-order valence-corrected chi connectivity index (χ1v) is 12.3. The molecule has 2 heteroatoms. The molecular weight excluding hydrogens is 424 g/mol. The van der Waals surface area contributed by atoms with E-state index in [4.69, 9.17) is 0 Å². The summed E-state index contributed by atoms with van der Waals surface area (Å²) in [5.41, 5.74) is 10.3. The molecule has 0 aliphatic heterocycles. The van der Waals surface area contributed by atoms with E-state index in [0.717, 1.165) is 17.6 Å². The maximum Gasteiger partial charge on any atom is 0.0920 e. The zero-order valence-corrected chi connectivity index (χ0v) is 22.0. The normalized spacial score (nSPS) is 22.9. The Kier molecular flexibility index (Phi) is 8.78. The van der Waals surface area contributed by atoms with Crippen molar-refractivity contribution in [3.8, 4) is 0 Å². The van der Waals surface area contributed by atoms with Gasteiger partial charge < -0.3 is 5.32 Å². The van der Waals surface area contributed by atoms with Gasteiger partial charge >= 0.3 is 0 Å². The Labute approximate surface area is 211 Å². The average Bonchev–Trinajstić information content (AvgIpc) is 2.86. The zero-order valence-electron chi connectivity index (χ0n) is 22.0. The topological polar surface area (TPSA) is 24.4 Å². The number of hydrogen-bond donors (Lipinski definition) is 1. The lowest BCUT2D eigenvalue weighted by Gasteiger charge is -2.37. The van der Waals surface area contributed by atoms with Crippen molar-refractivity contribution < 1.29 is 0 Å². The summed E-state index contributed by atoms with van der Waals surface area (Å²) in [7, 11) is 2.04. The van der Waals surface area contributed by atoms with Gasteiger partial charge in [0.25, 0.3) is 0 Å². The Morgan fingerprint density at radius 1 is 1.03 bits per heavy atom. The van der Waals surface area contributed by atoms with Crippen LogP contribution in [0, 0.1) is 13.8 Å². The lowest BCUT2D eigenvalue weighted by Crippen LogP contribution is -2.42. The van der Waals surface area contributed by atoms with Gasteiger partial charge in [-0.15, -0.1) is 0 Å². The molecule has 3 rings (SSSR count). The molecule has 2 aromatic carbocycles. The molecule has 0 amide bonds. The molecule has 0 heterocycles. The summed E-state index contributed by atoms with van der Waals surface area (Å²) in [6.07, 6.45) is 19.5. The molecule has 1 aliphatic carbocycles. The number of nitrogens with zero attached hydrogens (tertiary/aromatic N) is 1. The van der Waals surface area contributed by atoms with Crippen LogP contribution in [0.15, 0.2) is 108 Å². The maximum absolute atomic E-state index is 4.50. The van der Waals surface area contributed by atoms with Gasteiger partial charge in [0.05, 0.1) is 5.54 Å². The van der Waals surface area contributed by atoms with Gasteiger partial charge in [0.15, 0.2) is 0 Å². The molecule has 2 nitrogen and oxygen atoms in total. The molecule has 0 radical (unpaired) electrons. The number of fused-ring (bicyclic) bond motifs is 4. The second-order valence-corrected chi connectivity index (χ2v) is 8.94. The molecule has 1 N–H and O–H groups in total. The Bertz CT molecular complexity index is 1260. The predicted molar refractivity (Wildman–Crippen MR) is 154 cm³/mol. The molecule has 2 aromatic rings. The minimum absolute atomic E-state index is 0.531. The van der Waals surface area contributed by atoms with E-state index < -0.39 is 5.54 Å². The fourth-order valence-corrected chi connectivity index (χ4v) is 4.89. The van der Waals surface area contributed by atoms with Crippen LogP contribution in [0.4, 0.5) is 0 Å². The van der Waals surface area contributed by atoms with E-state index in [-0.39, 0.29) is 0 Å². The van der Waals surface area contributed by atoms with Crippen molar-refractivity contribution in [3.63, 3.8) is 0 Å². The minimum atomic E-state index is -0.531. The number of rotatable bonds is 4. The third-order valence-electron chi connectivity index (χ3n) is 6.89. The molecular formula is C33H38N2. The number of benzene rings is 2. The number of allylic oxidation sites excluding steroid dienone is 9. The lowest BCUT2D eigenvalue weighted by atomic mass is 9.75. The monoisotopic (exact) mass is 462 g/mol. The van der Waals surface area contributed by atoms with Crippen molar-refractivity contribution >= 4 is 11.8 Å². The zero-order chi connectivity index (χ0) is 25.4. The number of nitrogens with one attached hydrogen (secondary N) is 1. The van der Waals surface area contributed by atoms with E-state index >= 15 is 0 Å². The highest BCUT2D eigenvalue weighted by Gasteiger charge is 2.35. The molecule has 1 atom stereocenters.